The van der Waals surface area contributed by atoms with Gasteiger partial charge in [-0.15, -0.1) is 0 Å². The van der Waals surface area contributed by atoms with E-state index in [-0.39, 0.29) is 0 Å². The molecule has 0 amide bonds. The van der Waals surface area contributed by atoms with Gasteiger partial charge in [0.05, 0.1) is 5.69 Å². The maximum absolute atomic E-state index is 5.94. The Morgan fingerprint density at radius 1 is 1.32 bits per heavy atom. The van der Waals surface area contributed by atoms with E-state index in [9.17, 15) is 0 Å². The van der Waals surface area contributed by atoms with Gasteiger partial charge in [0.25, 0.3) is 0 Å². The van der Waals surface area contributed by atoms with E-state index < -0.39 is 0 Å². The first-order chi connectivity index (χ1) is 8.97. The summed E-state index contributed by atoms with van der Waals surface area (Å²) in [7, 11) is 1.87. The molecule has 0 aliphatic rings. The van der Waals surface area contributed by atoms with Gasteiger partial charge in [-0.05, 0) is 30.0 Å². The lowest BCUT2D eigenvalue weighted by Crippen LogP contribution is -2.05. The Balaban J connectivity index is 2.19. The van der Waals surface area contributed by atoms with Crippen LogP contribution < -0.4 is 10.5 Å². The number of benzene rings is 1. The minimum absolute atomic E-state index is 0.437. The Bertz CT molecular complexity index is 573. The summed E-state index contributed by atoms with van der Waals surface area (Å²) in [5.74, 6) is 1.90. The molecule has 4 nitrogen and oxygen atoms in total. The number of hydrogen-bond donors (Lipinski definition) is 1. The van der Waals surface area contributed by atoms with Gasteiger partial charge >= 0.3 is 0 Å². The molecule has 102 valence electrons. The van der Waals surface area contributed by atoms with Crippen molar-refractivity contribution in [2.24, 2.45) is 7.05 Å². The Morgan fingerprint density at radius 3 is 2.63 bits per heavy atom. The average Bonchev–Trinajstić information content (AvgIpc) is 2.65. The first-order valence-corrected chi connectivity index (χ1v) is 6.49. The van der Waals surface area contributed by atoms with Gasteiger partial charge in [0.15, 0.2) is 0 Å². The van der Waals surface area contributed by atoms with Crippen molar-refractivity contribution in [1.82, 2.24) is 9.78 Å². The SMILES string of the molecule is Cc1ccc(C(C)C)c(OCc2cc(N)nn2C)c1. The van der Waals surface area contributed by atoms with Gasteiger partial charge in [0, 0.05) is 13.1 Å². The third kappa shape index (κ3) is 3.08. The highest BCUT2D eigenvalue weighted by Crippen LogP contribution is 2.28. The molecule has 1 aromatic heterocycles. The van der Waals surface area contributed by atoms with E-state index in [2.05, 4.69) is 44.1 Å². The number of nitrogens with two attached hydrogens (primary N) is 1. The van der Waals surface area contributed by atoms with Gasteiger partial charge in [0.2, 0.25) is 0 Å². The lowest BCUT2D eigenvalue weighted by atomic mass is 10.0. The topological polar surface area (TPSA) is 53.1 Å². The molecule has 0 aliphatic heterocycles. The third-order valence-electron chi connectivity index (χ3n) is 3.16. The summed E-state index contributed by atoms with van der Waals surface area (Å²) in [6.45, 7) is 6.88. The molecule has 4 heteroatoms. The summed E-state index contributed by atoms with van der Waals surface area (Å²) < 4.78 is 7.69. The van der Waals surface area contributed by atoms with Crippen LogP contribution in [0.15, 0.2) is 24.3 Å². The number of hydrogen-bond acceptors (Lipinski definition) is 3. The van der Waals surface area contributed by atoms with Gasteiger partial charge in [0.1, 0.15) is 18.2 Å². The van der Waals surface area contributed by atoms with Crippen LogP contribution in [0.1, 0.15) is 36.6 Å². The van der Waals surface area contributed by atoms with Crippen LogP contribution in [-0.2, 0) is 13.7 Å². The molecule has 0 radical (unpaired) electrons. The number of ether oxygens (including phenoxy) is 1. The second-order valence-corrected chi connectivity index (χ2v) is 5.17. The zero-order chi connectivity index (χ0) is 14.0. The molecule has 2 N–H and O–H groups in total. The van der Waals surface area contributed by atoms with Crippen LogP contribution in [0.2, 0.25) is 0 Å². The fraction of sp³-hybridized carbons (Fsp3) is 0.400. The first kappa shape index (κ1) is 13.5. The first-order valence-electron chi connectivity index (χ1n) is 6.49. The van der Waals surface area contributed by atoms with Gasteiger partial charge in [-0.25, -0.2) is 0 Å². The van der Waals surface area contributed by atoms with E-state index in [0.29, 0.717) is 18.3 Å². The Kier molecular flexibility index (Phi) is 3.79. The van der Waals surface area contributed by atoms with Gasteiger partial charge in [-0.3, -0.25) is 4.68 Å². The van der Waals surface area contributed by atoms with Crippen molar-refractivity contribution in [2.75, 3.05) is 5.73 Å². The smallest absolute Gasteiger partial charge is 0.145 e. The zero-order valence-corrected chi connectivity index (χ0v) is 12.0. The average molecular weight is 259 g/mol. The number of rotatable bonds is 4. The lowest BCUT2D eigenvalue weighted by molar-refractivity contribution is 0.290. The largest absolute Gasteiger partial charge is 0.487 e. The minimum Gasteiger partial charge on any atom is -0.487 e. The van der Waals surface area contributed by atoms with Crippen LogP contribution in [0.25, 0.3) is 0 Å². The Morgan fingerprint density at radius 2 is 2.05 bits per heavy atom. The summed E-state index contributed by atoms with van der Waals surface area (Å²) >= 11 is 0. The van der Waals surface area contributed by atoms with Crippen LogP contribution >= 0.6 is 0 Å². The van der Waals surface area contributed by atoms with Gasteiger partial charge < -0.3 is 10.5 Å². The normalized spacial score (nSPS) is 11.0. The molecule has 0 fully saturated rings. The molecule has 0 saturated heterocycles. The number of anilines is 1. The monoisotopic (exact) mass is 259 g/mol. The van der Waals surface area contributed by atoms with Crippen LogP contribution in [0.4, 0.5) is 5.82 Å². The van der Waals surface area contributed by atoms with Crippen molar-refractivity contribution >= 4 is 5.82 Å². The number of aryl methyl sites for hydroxylation is 2. The van der Waals surface area contributed by atoms with E-state index in [1.807, 2.05) is 13.1 Å². The summed E-state index contributed by atoms with van der Waals surface area (Å²) in [6.07, 6.45) is 0. The van der Waals surface area contributed by atoms with Crippen LogP contribution in [0, 0.1) is 6.92 Å². The molecule has 0 unspecified atom stereocenters. The molecule has 19 heavy (non-hydrogen) atoms. The fourth-order valence-electron chi connectivity index (χ4n) is 2.06. The molecule has 0 aliphatic carbocycles. The maximum Gasteiger partial charge on any atom is 0.145 e. The zero-order valence-electron chi connectivity index (χ0n) is 12.0. The van der Waals surface area contributed by atoms with E-state index in [0.717, 1.165) is 11.4 Å². The van der Waals surface area contributed by atoms with Crippen molar-refractivity contribution in [2.45, 2.75) is 33.3 Å². The summed E-state index contributed by atoms with van der Waals surface area (Å²) in [5.41, 5.74) is 9.05. The maximum atomic E-state index is 5.94. The third-order valence-corrected chi connectivity index (χ3v) is 3.16. The van der Waals surface area contributed by atoms with Crippen molar-refractivity contribution < 1.29 is 4.74 Å². The predicted molar refractivity (Wildman–Crippen MR) is 77.2 cm³/mol. The summed E-state index contributed by atoms with van der Waals surface area (Å²) in [5, 5.41) is 4.11. The highest BCUT2D eigenvalue weighted by atomic mass is 16.5. The number of nitrogen functional groups attached to an aromatic ring is 1. The van der Waals surface area contributed by atoms with E-state index in [1.54, 1.807) is 4.68 Å². The quantitative estimate of drug-likeness (QED) is 0.918. The van der Waals surface area contributed by atoms with Crippen LogP contribution in [0.5, 0.6) is 5.75 Å². The summed E-state index contributed by atoms with van der Waals surface area (Å²) in [4.78, 5) is 0. The predicted octanol–water partition coefficient (Wildman–Crippen LogP) is 3.01. The Labute approximate surface area is 114 Å². The second-order valence-electron chi connectivity index (χ2n) is 5.17. The van der Waals surface area contributed by atoms with Crippen molar-refractivity contribution in [3.05, 3.63) is 41.1 Å². The second kappa shape index (κ2) is 5.34. The lowest BCUT2D eigenvalue weighted by Gasteiger charge is -2.14. The van der Waals surface area contributed by atoms with E-state index in [4.69, 9.17) is 10.5 Å². The Hall–Kier alpha value is -1.97. The molecule has 0 atom stereocenters. The molecule has 2 aromatic rings. The van der Waals surface area contributed by atoms with Gasteiger partial charge in [-0.1, -0.05) is 26.0 Å². The molecule has 0 saturated carbocycles. The molecular weight excluding hydrogens is 238 g/mol. The molecular formula is C15H21N3O. The molecule has 1 aromatic carbocycles. The molecule has 1 heterocycles. The van der Waals surface area contributed by atoms with Crippen molar-refractivity contribution in [3.8, 4) is 5.75 Å². The van der Waals surface area contributed by atoms with Crippen LogP contribution in [0.3, 0.4) is 0 Å². The van der Waals surface area contributed by atoms with Crippen molar-refractivity contribution in [1.29, 1.82) is 0 Å². The molecule has 0 bridgehead atoms. The minimum atomic E-state index is 0.437. The standard InChI is InChI=1S/C15H21N3O/c1-10(2)13-6-5-11(3)7-14(13)19-9-12-8-15(16)17-18(12)4/h5-8,10H,9H2,1-4H3,(H2,16,17). The van der Waals surface area contributed by atoms with Gasteiger partial charge in [-0.2, -0.15) is 5.10 Å². The highest BCUT2D eigenvalue weighted by molar-refractivity contribution is 5.39. The van der Waals surface area contributed by atoms with E-state index >= 15 is 0 Å². The molecule has 0 spiro atoms. The van der Waals surface area contributed by atoms with Crippen molar-refractivity contribution in [3.63, 3.8) is 0 Å². The highest BCUT2D eigenvalue weighted by Gasteiger charge is 2.10. The summed E-state index contributed by atoms with van der Waals surface area (Å²) in [6, 6.07) is 8.16. The van der Waals surface area contributed by atoms with Crippen LogP contribution in [-0.4, -0.2) is 9.78 Å². The van der Waals surface area contributed by atoms with E-state index in [1.165, 1.54) is 11.1 Å². The number of nitrogens with zero attached hydrogens (tertiary/aromatic N) is 2. The molecule has 2 rings (SSSR count). The fourth-order valence-corrected chi connectivity index (χ4v) is 2.06. The number of aromatic nitrogens is 2.